The molecule has 3 rings (SSSR count). The lowest BCUT2D eigenvalue weighted by Gasteiger charge is -2.34. The van der Waals surface area contributed by atoms with Crippen molar-refractivity contribution in [2.45, 2.75) is 45.6 Å². The number of benzene rings is 1. The normalized spacial score (nSPS) is 19.1. The van der Waals surface area contributed by atoms with Crippen molar-refractivity contribution in [3.8, 4) is 0 Å². The summed E-state index contributed by atoms with van der Waals surface area (Å²) in [6, 6.07) is 8.67. The van der Waals surface area contributed by atoms with Crippen LogP contribution in [0.5, 0.6) is 0 Å². The number of hydrogen-bond donors (Lipinski definition) is 0. The Morgan fingerprint density at radius 2 is 2.14 bits per heavy atom. The smallest absolute Gasteiger partial charge is 0.222 e. The summed E-state index contributed by atoms with van der Waals surface area (Å²) >= 11 is 0. The number of rotatable bonds is 3. The van der Waals surface area contributed by atoms with Gasteiger partial charge in [-0.1, -0.05) is 26.0 Å². The van der Waals surface area contributed by atoms with E-state index in [0.29, 0.717) is 12.5 Å². The number of aromatic nitrogens is 2. The lowest BCUT2D eigenvalue weighted by Crippen LogP contribution is -2.40. The van der Waals surface area contributed by atoms with Gasteiger partial charge in [0.2, 0.25) is 5.91 Å². The fraction of sp³-hybridized carbons (Fsp3) is 0.529. The predicted octanol–water partition coefficient (Wildman–Crippen LogP) is 3.17. The second kappa shape index (κ2) is 5.88. The molecule has 0 aliphatic carbocycles. The maximum Gasteiger partial charge on any atom is 0.222 e. The van der Waals surface area contributed by atoms with E-state index in [4.69, 9.17) is 4.98 Å². The molecular formula is C17H23N3O. The SMILES string of the molecule is CCC(=O)N1CCCC(n2c(CC)nc3ccccc32)C1. The van der Waals surface area contributed by atoms with Crippen LogP contribution in [0.25, 0.3) is 11.0 Å². The first kappa shape index (κ1) is 14.1. The summed E-state index contributed by atoms with van der Waals surface area (Å²) in [6.07, 6.45) is 3.72. The minimum Gasteiger partial charge on any atom is -0.341 e. The molecule has 0 radical (unpaired) electrons. The maximum absolute atomic E-state index is 12.0. The average molecular weight is 285 g/mol. The van der Waals surface area contributed by atoms with Crippen molar-refractivity contribution in [2.24, 2.45) is 0 Å². The average Bonchev–Trinajstić information content (AvgIpc) is 2.92. The molecule has 0 N–H and O–H groups in total. The topological polar surface area (TPSA) is 38.1 Å². The van der Waals surface area contributed by atoms with Gasteiger partial charge in [0.05, 0.1) is 17.1 Å². The molecule has 0 bridgehead atoms. The fourth-order valence-electron chi connectivity index (χ4n) is 3.37. The molecule has 1 aliphatic heterocycles. The van der Waals surface area contributed by atoms with Crippen LogP contribution in [0.4, 0.5) is 0 Å². The zero-order valence-electron chi connectivity index (χ0n) is 12.9. The molecule has 1 unspecified atom stereocenters. The van der Waals surface area contributed by atoms with E-state index in [-0.39, 0.29) is 5.91 Å². The van der Waals surface area contributed by atoms with Gasteiger partial charge in [0.25, 0.3) is 0 Å². The summed E-state index contributed by atoms with van der Waals surface area (Å²) in [5, 5.41) is 0. The minimum absolute atomic E-state index is 0.266. The Bertz CT molecular complexity index is 647. The highest BCUT2D eigenvalue weighted by Gasteiger charge is 2.26. The van der Waals surface area contributed by atoms with Crippen molar-refractivity contribution >= 4 is 16.9 Å². The molecular weight excluding hydrogens is 262 g/mol. The second-order valence-electron chi connectivity index (χ2n) is 5.73. The van der Waals surface area contributed by atoms with Crippen molar-refractivity contribution in [3.05, 3.63) is 30.1 Å². The molecule has 0 spiro atoms. The van der Waals surface area contributed by atoms with Crippen LogP contribution >= 0.6 is 0 Å². The molecule has 0 saturated carbocycles. The van der Waals surface area contributed by atoms with E-state index in [1.807, 2.05) is 17.9 Å². The van der Waals surface area contributed by atoms with E-state index in [1.54, 1.807) is 0 Å². The number of piperidine rings is 1. The Kier molecular flexibility index (Phi) is 3.95. The van der Waals surface area contributed by atoms with Gasteiger partial charge < -0.3 is 9.47 Å². The minimum atomic E-state index is 0.266. The van der Waals surface area contributed by atoms with Crippen molar-refractivity contribution in [1.29, 1.82) is 0 Å². The first-order valence-corrected chi connectivity index (χ1v) is 7.98. The molecule has 1 aromatic heterocycles. The Balaban J connectivity index is 1.97. The summed E-state index contributed by atoms with van der Waals surface area (Å²) < 4.78 is 2.37. The molecule has 2 heterocycles. The number of para-hydroxylation sites is 2. The van der Waals surface area contributed by atoms with Crippen molar-refractivity contribution in [1.82, 2.24) is 14.5 Å². The quantitative estimate of drug-likeness (QED) is 0.868. The van der Waals surface area contributed by atoms with E-state index in [2.05, 4.69) is 29.7 Å². The van der Waals surface area contributed by atoms with Gasteiger partial charge in [-0.15, -0.1) is 0 Å². The van der Waals surface area contributed by atoms with Gasteiger partial charge >= 0.3 is 0 Å². The largest absolute Gasteiger partial charge is 0.341 e. The zero-order valence-corrected chi connectivity index (χ0v) is 12.9. The molecule has 4 nitrogen and oxygen atoms in total. The third-order valence-electron chi connectivity index (χ3n) is 4.40. The molecule has 1 amide bonds. The van der Waals surface area contributed by atoms with Crippen molar-refractivity contribution in [2.75, 3.05) is 13.1 Å². The lowest BCUT2D eigenvalue weighted by molar-refractivity contribution is -0.132. The highest BCUT2D eigenvalue weighted by atomic mass is 16.2. The number of likely N-dealkylation sites (tertiary alicyclic amines) is 1. The first-order chi connectivity index (χ1) is 10.2. The second-order valence-corrected chi connectivity index (χ2v) is 5.73. The third kappa shape index (κ3) is 2.55. The number of imidazole rings is 1. The van der Waals surface area contributed by atoms with Gasteiger partial charge in [-0.3, -0.25) is 4.79 Å². The predicted molar refractivity (Wildman–Crippen MR) is 84.3 cm³/mol. The summed E-state index contributed by atoms with van der Waals surface area (Å²) in [5.41, 5.74) is 2.26. The van der Waals surface area contributed by atoms with E-state index < -0.39 is 0 Å². The standard InChI is InChI=1S/C17H23N3O/c1-3-16-18-14-9-5-6-10-15(14)20(16)13-8-7-11-19(12-13)17(21)4-2/h5-6,9-10,13H,3-4,7-8,11-12H2,1-2H3. The number of nitrogens with zero attached hydrogens (tertiary/aromatic N) is 3. The Morgan fingerprint density at radius 1 is 1.33 bits per heavy atom. The number of fused-ring (bicyclic) bond motifs is 1. The highest BCUT2D eigenvalue weighted by molar-refractivity contribution is 5.77. The molecule has 4 heteroatoms. The Hall–Kier alpha value is -1.84. The molecule has 112 valence electrons. The molecule has 2 aromatic rings. The van der Waals surface area contributed by atoms with Crippen LogP contribution in [0.3, 0.4) is 0 Å². The summed E-state index contributed by atoms with van der Waals surface area (Å²) in [6.45, 7) is 5.81. The molecule has 1 aromatic carbocycles. The van der Waals surface area contributed by atoms with Gasteiger partial charge in [0.15, 0.2) is 0 Å². The van der Waals surface area contributed by atoms with Crippen LogP contribution in [-0.4, -0.2) is 33.4 Å². The highest BCUT2D eigenvalue weighted by Crippen LogP contribution is 2.28. The van der Waals surface area contributed by atoms with Crippen LogP contribution in [0, 0.1) is 0 Å². The zero-order chi connectivity index (χ0) is 14.8. The first-order valence-electron chi connectivity index (χ1n) is 7.98. The molecule has 1 atom stereocenters. The molecule has 1 fully saturated rings. The van der Waals surface area contributed by atoms with Crippen molar-refractivity contribution in [3.63, 3.8) is 0 Å². The van der Waals surface area contributed by atoms with Gasteiger partial charge in [-0.2, -0.15) is 0 Å². The fourth-order valence-corrected chi connectivity index (χ4v) is 3.37. The summed E-state index contributed by atoms with van der Waals surface area (Å²) in [4.78, 5) is 18.8. The van der Waals surface area contributed by atoms with Gasteiger partial charge in [-0.25, -0.2) is 4.98 Å². The molecule has 1 saturated heterocycles. The lowest BCUT2D eigenvalue weighted by atomic mass is 10.0. The van der Waals surface area contributed by atoms with Gasteiger partial charge in [0, 0.05) is 25.9 Å². The summed E-state index contributed by atoms with van der Waals surface area (Å²) in [5.74, 6) is 1.40. The number of carbonyl (C=O) groups excluding carboxylic acids is 1. The van der Waals surface area contributed by atoms with E-state index >= 15 is 0 Å². The maximum atomic E-state index is 12.0. The summed E-state index contributed by atoms with van der Waals surface area (Å²) in [7, 11) is 0. The van der Waals surface area contributed by atoms with E-state index in [9.17, 15) is 4.79 Å². The van der Waals surface area contributed by atoms with E-state index in [0.717, 1.165) is 43.7 Å². The van der Waals surface area contributed by atoms with Crippen molar-refractivity contribution < 1.29 is 4.79 Å². The van der Waals surface area contributed by atoms with Crippen LogP contribution in [0.15, 0.2) is 24.3 Å². The van der Waals surface area contributed by atoms with Gasteiger partial charge in [0.1, 0.15) is 5.82 Å². The van der Waals surface area contributed by atoms with E-state index in [1.165, 1.54) is 5.52 Å². The van der Waals surface area contributed by atoms with Crippen LogP contribution in [0.2, 0.25) is 0 Å². The third-order valence-corrected chi connectivity index (χ3v) is 4.40. The number of carbonyl (C=O) groups is 1. The van der Waals surface area contributed by atoms with Crippen LogP contribution in [0.1, 0.15) is 45.0 Å². The molecule has 1 aliphatic rings. The van der Waals surface area contributed by atoms with Crippen LogP contribution in [-0.2, 0) is 11.2 Å². The monoisotopic (exact) mass is 285 g/mol. The van der Waals surface area contributed by atoms with Gasteiger partial charge in [-0.05, 0) is 25.0 Å². The Morgan fingerprint density at radius 3 is 2.90 bits per heavy atom. The number of aryl methyl sites for hydroxylation is 1. The molecule has 21 heavy (non-hydrogen) atoms. The Labute approximate surface area is 125 Å². The number of hydrogen-bond acceptors (Lipinski definition) is 2. The number of amides is 1. The van der Waals surface area contributed by atoms with Crippen LogP contribution < -0.4 is 0 Å².